The van der Waals surface area contributed by atoms with Crippen LogP contribution in [0.15, 0.2) is 12.3 Å². The fraction of sp³-hybridized carbons (Fsp3) is 0.538. The Bertz CT molecular complexity index is 426. The van der Waals surface area contributed by atoms with E-state index in [2.05, 4.69) is 9.88 Å². The van der Waals surface area contributed by atoms with Gasteiger partial charge in [0.05, 0.1) is 11.9 Å². The number of pyridine rings is 1. The predicted octanol–water partition coefficient (Wildman–Crippen LogP) is 2.13. The van der Waals surface area contributed by atoms with Crippen LogP contribution in [0.3, 0.4) is 0 Å². The zero-order chi connectivity index (χ0) is 13.0. The number of carboxylic acids is 1. The highest BCUT2D eigenvalue weighted by Crippen LogP contribution is 2.22. The van der Waals surface area contributed by atoms with Gasteiger partial charge >= 0.3 is 5.97 Å². The molecule has 0 bridgehead atoms. The average Bonchev–Trinajstić information content (AvgIpc) is 2.29. The summed E-state index contributed by atoms with van der Waals surface area (Å²) >= 11 is 0. The molecule has 1 aliphatic heterocycles. The van der Waals surface area contributed by atoms with Crippen molar-refractivity contribution in [3.8, 4) is 0 Å². The summed E-state index contributed by atoms with van der Waals surface area (Å²) in [4.78, 5) is 17.5. The molecule has 0 spiro atoms. The van der Waals surface area contributed by atoms with Crippen molar-refractivity contribution in [1.29, 1.82) is 0 Å². The first kappa shape index (κ1) is 12.7. The number of rotatable bonds is 2. The molecule has 2 rings (SSSR count). The third kappa shape index (κ3) is 2.91. The van der Waals surface area contributed by atoms with Crippen molar-refractivity contribution in [2.75, 3.05) is 23.7 Å². The van der Waals surface area contributed by atoms with Crippen molar-refractivity contribution in [2.24, 2.45) is 0 Å². The van der Waals surface area contributed by atoms with E-state index >= 15 is 0 Å². The molecule has 1 saturated heterocycles. The largest absolute Gasteiger partial charge is 0.478 e. The SMILES string of the molecule is Nc1cnc(N2CCCCCCC2)c(C(=O)O)c1. The molecule has 0 amide bonds. The number of hydrogen-bond donors (Lipinski definition) is 2. The summed E-state index contributed by atoms with van der Waals surface area (Å²) in [6, 6.07) is 1.49. The number of anilines is 2. The van der Waals surface area contributed by atoms with Gasteiger partial charge in [-0.05, 0) is 18.9 Å². The highest BCUT2D eigenvalue weighted by Gasteiger charge is 2.18. The fourth-order valence-electron chi connectivity index (χ4n) is 2.34. The number of carbonyl (C=O) groups is 1. The minimum atomic E-state index is -0.966. The van der Waals surface area contributed by atoms with Crippen molar-refractivity contribution in [3.05, 3.63) is 17.8 Å². The van der Waals surface area contributed by atoms with Gasteiger partial charge in [0.25, 0.3) is 0 Å². The summed E-state index contributed by atoms with van der Waals surface area (Å²) in [5, 5.41) is 9.22. The highest BCUT2D eigenvalue weighted by atomic mass is 16.4. The molecule has 0 aromatic carbocycles. The lowest BCUT2D eigenvalue weighted by Gasteiger charge is -2.26. The lowest BCUT2D eigenvalue weighted by Crippen LogP contribution is -2.29. The molecule has 0 unspecified atom stereocenters. The van der Waals surface area contributed by atoms with E-state index in [1.165, 1.54) is 31.5 Å². The number of nitrogen functional groups attached to an aromatic ring is 1. The van der Waals surface area contributed by atoms with E-state index in [1.54, 1.807) is 0 Å². The van der Waals surface area contributed by atoms with Crippen LogP contribution in [0.2, 0.25) is 0 Å². The molecule has 5 nitrogen and oxygen atoms in total. The van der Waals surface area contributed by atoms with Gasteiger partial charge < -0.3 is 15.7 Å². The predicted molar refractivity (Wildman–Crippen MR) is 70.9 cm³/mol. The molecule has 0 atom stereocenters. The van der Waals surface area contributed by atoms with Gasteiger partial charge in [-0.15, -0.1) is 0 Å². The second kappa shape index (κ2) is 5.71. The monoisotopic (exact) mass is 249 g/mol. The maximum Gasteiger partial charge on any atom is 0.339 e. The zero-order valence-corrected chi connectivity index (χ0v) is 10.4. The standard InChI is InChI=1S/C13H19N3O2/c14-10-8-11(13(17)18)12(15-9-10)16-6-4-2-1-3-5-7-16/h8-9H,1-7,14H2,(H,17,18). The molecular formula is C13H19N3O2. The normalized spacial score (nSPS) is 17.0. The molecule has 0 radical (unpaired) electrons. The van der Waals surface area contributed by atoms with E-state index in [4.69, 9.17) is 5.73 Å². The number of carboxylic acid groups (broad SMARTS) is 1. The van der Waals surface area contributed by atoms with Crippen LogP contribution >= 0.6 is 0 Å². The van der Waals surface area contributed by atoms with E-state index < -0.39 is 5.97 Å². The van der Waals surface area contributed by atoms with Gasteiger partial charge in [-0.1, -0.05) is 19.3 Å². The van der Waals surface area contributed by atoms with Crippen molar-refractivity contribution >= 4 is 17.5 Å². The lowest BCUT2D eigenvalue weighted by molar-refractivity contribution is 0.0697. The molecule has 1 aromatic heterocycles. The first-order chi connectivity index (χ1) is 8.68. The Kier molecular flexibility index (Phi) is 4.02. The molecule has 0 aliphatic carbocycles. The van der Waals surface area contributed by atoms with Crippen molar-refractivity contribution in [3.63, 3.8) is 0 Å². The highest BCUT2D eigenvalue weighted by molar-refractivity contribution is 5.94. The van der Waals surface area contributed by atoms with Gasteiger partial charge in [-0.25, -0.2) is 9.78 Å². The molecule has 2 heterocycles. The Hall–Kier alpha value is -1.78. The van der Waals surface area contributed by atoms with Gasteiger partial charge in [0.15, 0.2) is 0 Å². The van der Waals surface area contributed by atoms with E-state index in [1.807, 2.05) is 0 Å². The zero-order valence-electron chi connectivity index (χ0n) is 10.4. The molecule has 1 fully saturated rings. The Labute approximate surface area is 107 Å². The summed E-state index contributed by atoms with van der Waals surface area (Å²) in [6.07, 6.45) is 7.38. The van der Waals surface area contributed by atoms with Crippen LogP contribution < -0.4 is 10.6 Å². The molecule has 0 saturated carbocycles. The van der Waals surface area contributed by atoms with Crippen LogP contribution in [0.4, 0.5) is 11.5 Å². The molecule has 1 aliphatic rings. The van der Waals surface area contributed by atoms with Crippen LogP contribution in [0.25, 0.3) is 0 Å². The Morgan fingerprint density at radius 2 is 1.83 bits per heavy atom. The third-order valence-corrected chi connectivity index (χ3v) is 3.27. The minimum Gasteiger partial charge on any atom is -0.478 e. The summed E-state index contributed by atoms with van der Waals surface area (Å²) < 4.78 is 0. The summed E-state index contributed by atoms with van der Waals surface area (Å²) in [5.74, 6) is -0.412. The van der Waals surface area contributed by atoms with E-state index in [9.17, 15) is 9.90 Å². The second-order valence-corrected chi connectivity index (χ2v) is 4.70. The van der Waals surface area contributed by atoms with Crippen LogP contribution in [-0.4, -0.2) is 29.1 Å². The smallest absolute Gasteiger partial charge is 0.339 e. The quantitative estimate of drug-likeness (QED) is 0.839. The summed E-state index contributed by atoms with van der Waals surface area (Å²) in [6.45, 7) is 1.74. The third-order valence-electron chi connectivity index (χ3n) is 3.27. The first-order valence-corrected chi connectivity index (χ1v) is 6.42. The average molecular weight is 249 g/mol. The second-order valence-electron chi connectivity index (χ2n) is 4.70. The lowest BCUT2D eigenvalue weighted by atomic mass is 10.1. The summed E-state index contributed by atoms with van der Waals surface area (Å²) in [7, 11) is 0. The van der Waals surface area contributed by atoms with Crippen LogP contribution in [0.1, 0.15) is 42.5 Å². The fourth-order valence-corrected chi connectivity index (χ4v) is 2.34. The Morgan fingerprint density at radius 3 is 2.44 bits per heavy atom. The van der Waals surface area contributed by atoms with Crippen molar-refractivity contribution in [2.45, 2.75) is 32.1 Å². The van der Waals surface area contributed by atoms with Crippen molar-refractivity contribution in [1.82, 2.24) is 4.98 Å². The van der Waals surface area contributed by atoms with Gasteiger partial charge in [-0.3, -0.25) is 0 Å². The first-order valence-electron chi connectivity index (χ1n) is 6.42. The molecule has 1 aromatic rings. The molecule has 5 heteroatoms. The Morgan fingerprint density at radius 1 is 1.22 bits per heavy atom. The van der Waals surface area contributed by atoms with E-state index in [0.29, 0.717) is 11.5 Å². The van der Waals surface area contributed by atoms with E-state index in [0.717, 1.165) is 25.9 Å². The van der Waals surface area contributed by atoms with E-state index in [-0.39, 0.29) is 5.56 Å². The minimum absolute atomic E-state index is 0.204. The molecule has 18 heavy (non-hydrogen) atoms. The number of nitrogens with zero attached hydrogens (tertiary/aromatic N) is 2. The van der Waals surface area contributed by atoms with Crippen molar-refractivity contribution < 1.29 is 9.90 Å². The molecule has 3 N–H and O–H groups in total. The maximum atomic E-state index is 11.2. The van der Waals surface area contributed by atoms with Gasteiger partial charge in [-0.2, -0.15) is 0 Å². The number of aromatic carboxylic acids is 1. The maximum absolute atomic E-state index is 11.2. The number of nitrogens with two attached hydrogens (primary N) is 1. The van der Waals surface area contributed by atoms with Crippen LogP contribution in [0.5, 0.6) is 0 Å². The van der Waals surface area contributed by atoms with Gasteiger partial charge in [0.1, 0.15) is 11.4 Å². The number of hydrogen-bond acceptors (Lipinski definition) is 4. The van der Waals surface area contributed by atoms with Crippen LogP contribution in [-0.2, 0) is 0 Å². The Balaban J connectivity index is 2.27. The summed E-state index contributed by atoms with van der Waals surface area (Å²) in [5.41, 5.74) is 6.20. The number of aromatic nitrogens is 1. The van der Waals surface area contributed by atoms with Gasteiger partial charge in [0.2, 0.25) is 0 Å². The van der Waals surface area contributed by atoms with Crippen LogP contribution in [0, 0.1) is 0 Å². The van der Waals surface area contributed by atoms with Gasteiger partial charge in [0, 0.05) is 13.1 Å². The molecular weight excluding hydrogens is 230 g/mol. The topological polar surface area (TPSA) is 79.5 Å². The molecule has 98 valence electrons.